The van der Waals surface area contributed by atoms with Gasteiger partial charge in [-0.1, -0.05) is 0 Å². The van der Waals surface area contributed by atoms with Crippen molar-refractivity contribution < 1.29 is 0 Å². The molecule has 0 N–H and O–H groups in total. The highest BCUT2D eigenvalue weighted by Crippen LogP contribution is 2.61. The molecule has 6 nitrogen and oxygen atoms in total. The molecule has 0 radical (unpaired) electrons. The molecule has 124 valence electrons. The second-order valence-electron chi connectivity index (χ2n) is 7.87. The lowest BCUT2D eigenvalue weighted by Gasteiger charge is -2.58. The summed E-state index contributed by atoms with van der Waals surface area (Å²) in [5, 5.41) is 9.73. The zero-order valence-electron chi connectivity index (χ0n) is 13.4. The van der Waals surface area contributed by atoms with Crippen LogP contribution in [-0.2, 0) is 12.6 Å². The average molecular weight is 344 g/mol. The highest BCUT2D eigenvalue weighted by molar-refractivity contribution is 6.28. The van der Waals surface area contributed by atoms with Crippen molar-refractivity contribution in [3.63, 3.8) is 0 Å². The van der Waals surface area contributed by atoms with Crippen molar-refractivity contribution in [3.8, 4) is 6.07 Å². The Morgan fingerprint density at radius 1 is 1.33 bits per heavy atom. The minimum absolute atomic E-state index is 0.0444. The second-order valence-corrected chi connectivity index (χ2v) is 8.21. The van der Waals surface area contributed by atoms with Crippen LogP contribution in [0.5, 0.6) is 0 Å². The number of fused-ring (bicyclic) bond motifs is 1. The van der Waals surface area contributed by atoms with Gasteiger partial charge in [-0.15, -0.1) is 0 Å². The SMILES string of the molecule is Cn1c(=O)n(C23CC4CC(C2)C(C#N)C(C4)C3)c2nc(Cl)ncc21. The van der Waals surface area contributed by atoms with Crippen LogP contribution >= 0.6 is 11.6 Å². The lowest BCUT2D eigenvalue weighted by atomic mass is 9.49. The van der Waals surface area contributed by atoms with E-state index in [9.17, 15) is 10.1 Å². The van der Waals surface area contributed by atoms with Crippen molar-refractivity contribution in [2.75, 3.05) is 0 Å². The van der Waals surface area contributed by atoms with Crippen molar-refractivity contribution in [2.45, 2.75) is 37.6 Å². The van der Waals surface area contributed by atoms with Gasteiger partial charge < -0.3 is 0 Å². The van der Waals surface area contributed by atoms with Gasteiger partial charge in [-0.2, -0.15) is 10.2 Å². The first-order valence-corrected chi connectivity index (χ1v) is 8.90. The van der Waals surface area contributed by atoms with E-state index in [1.54, 1.807) is 17.8 Å². The second kappa shape index (κ2) is 4.60. The number of hydrogen-bond donors (Lipinski definition) is 0. The van der Waals surface area contributed by atoms with Gasteiger partial charge in [-0.25, -0.2) is 9.78 Å². The summed E-state index contributed by atoms with van der Waals surface area (Å²) >= 11 is 6.02. The molecular formula is C17H18ClN5O. The number of rotatable bonds is 1. The minimum Gasteiger partial charge on any atom is -0.292 e. The average Bonchev–Trinajstić information content (AvgIpc) is 2.78. The van der Waals surface area contributed by atoms with Gasteiger partial charge in [0, 0.05) is 7.05 Å². The quantitative estimate of drug-likeness (QED) is 0.745. The third-order valence-corrected chi connectivity index (χ3v) is 6.82. The summed E-state index contributed by atoms with van der Waals surface area (Å²) < 4.78 is 3.50. The van der Waals surface area contributed by atoms with E-state index in [1.807, 2.05) is 4.57 Å². The van der Waals surface area contributed by atoms with Crippen LogP contribution in [0.1, 0.15) is 32.1 Å². The molecule has 4 fully saturated rings. The van der Waals surface area contributed by atoms with Gasteiger partial charge in [0.2, 0.25) is 5.28 Å². The third kappa shape index (κ3) is 1.68. The van der Waals surface area contributed by atoms with Crippen LogP contribution in [0, 0.1) is 35.0 Å². The van der Waals surface area contributed by atoms with Gasteiger partial charge in [-0.05, 0) is 61.5 Å². The van der Waals surface area contributed by atoms with Crippen LogP contribution in [0.2, 0.25) is 5.28 Å². The molecule has 4 aliphatic carbocycles. The summed E-state index contributed by atoms with van der Waals surface area (Å²) in [7, 11) is 1.76. The van der Waals surface area contributed by atoms with E-state index >= 15 is 0 Å². The van der Waals surface area contributed by atoms with Crippen LogP contribution in [-0.4, -0.2) is 19.1 Å². The van der Waals surface area contributed by atoms with Crippen LogP contribution in [0.3, 0.4) is 0 Å². The number of aryl methyl sites for hydroxylation is 1. The topological polar surface area (TPSA) is 76.5 Å². The van der Waals surface area contributed by atoms with Gasteiger partial charge in [0.05, 0.1) is 23.7 Å². The first-order valence-electron chi connectivity index (χ1n) is 8.52. The summed E-state index contributed by atoms with van der Waals surface area (Å²) in [6.07, 6.45) is 6.70. The number of aromatic nitrogens is 4. The first kappa shape index (κ1) is 14.5. The third-order valence-electron chi connectivity index (χ3n) is 6.64. The fourth-order valence-electron chi connectivity index (χ4n) is 5.98. The van der Waals surface area contributed by atoms with E-state index < -0.39 is 0 Å². The molecule has 2 atom stereocenters. The van der Waals surface area contributed by atoms with E-state index in [4.69, 9.17) is 11.6 Å². The Labute approximate surface area is 144 Å². The maximum atomic E-state index is 13.0. The number of nitriles is 1. The molecule has 6 rings (SSSR count). The molecule has 0 saturated heterocycles. The van der Waals surface area contributed by atoms with E-state index in [0.717, 1.165) is 37.6 Å². The normalized spacial score (nSPS) is 37.0. The van der Waals surface area contributed by atoms with Crippen molar-refractivity contribution in [1.82, 2.24) is 19.1 Å². The molecule has 2 aromatic rings. The molecule has 0 amide bonds. The lowest BCUT2D eigenvalue weighted by Crippen LogP contribution is -2.57. The largest absolute Gasteiger partial charge is 0.330 e. The zero-order chi connectivity index (χ0) is 16.6. The molecular weight excluding hydrogens is 326 g/mol. The fraction of sp³-hybridized carbons (Fsp3) is 0.647. The number of imidazole rings is 1. The lowest BCUT2D eigenvalue weighted by molar-refractivity contribution is -0.0684. The molecule has 24 heavy (non-hydrogen) atoms. The number of hydrogen-bond acceptors (Lipinski definition) is 4. The smallest absolute Gasteiger partial charge is 0.292 e. The Morgan fingerprint density at radius 3 is 2.71 bits per heavy atom. The van der Waals surface area contributed by atoms with E-state index in [0.29, 0.717) is 23.4 Å². The zero-order valence-corrected chi connectivity index (χ0v) is 14.2. The summed E-state index contributed by atoms with van der Waals surface area (Å²) in [6.45, 7) is 0. The predicted octanol–water partition coefficient (Wildman–Crippen LogP) is 2.46. The fourth-order valence-corrected chi connectivity index (χ4v) is 6.11. The highest BCUT2D eigenvalue weighted by Gasteiger charge is 2.57. The molecule has 2 aromatic heterocycles. The molecule has 2 unspecified atom stereocenters. The first-order chi connectivity index (χ1) is 11.5. The van der Waals surface area contributed by atoms with Crippen molar-refractivity contribution in [1.29, 1.82) is 5.26 Å². The van der Waals surface area contributed by atoms with Crippen LogP contribution in [0.4, 0.5) is 0 Å². The Bertz CT molecular complexity index is 938. The molecule has 0 aliphatic heterocycles. The summed E-state index contributed by atoms with van der Waals surface area (Å²) in [5.74, 6) is 1.58. The maximum absolute atomic E-state index is 13.0. The molecule has 7 heteroatoms. The molecule has 4 aliphatic rings. The monoisotopic (exact) mass is 343 g/mol. The van der Waals surface area contributed by atoms with E-state index in [-0.39, 0.29) is 22.4 Å². The van der Waals surface area contributed by atoms with Crippen molar-refractivity contribution >= 4 is 22.8 Å². The molecule has 0 aromatic carbocycles. The molecule has 2 heterocycles. The Hall–Kier alpha value is -1.87. The Morgan fingerprint density at radius 2 is 2.04 bits per heavy atom. The number of nitrogens with zero attached hydrogens (tertiary/aromatic N) is 5. The van der Waals surface area contributed by atoms with Crippen LogP contribution < -0.4 is 5.69 Å². The summed E-state index contributed by atoms with van der Waals surface area (Å²) in [4.78, 5) is 21.4. The maximum Gasteiger partial charge on any atom is 0.330 e. The van der Waals surface area contributed by atoms with Gasteiger partial charge in [-0.3, -0.25) is 9.13 Å². The van der Waals surface area contributed by atoms with Crippen LogP contribution in [0.25, 0.3) is 11.2 Å². The summed E-state index contributed by atoms with van der Waals surface area (Å²) in [5.41, 5.74) is 1.10. The minimum atomic E-state index is -0.210. The molecule has 4 bridgehead atoms. The van der Waals surface area contributed by atoms with Gasteiger partial charge >= 0.3 is 5.69 Å². The predicted molar refractivity (Wildman–Crippen MR) is 88.4 cm³/mol. The van der Waals surface area contributed by atoms with Crippen molar-refractivity contribution in [3.05, 3.63) is 22.0 Å². The highest BCUT2D eigenvalue weighted by atomic mass is 35.5. The van der Waals surface area contributed by atoms with Gasteiger partial charge in [0.15, 0.2) is 5.65 Å². The van der Waals surface area contributed by atoms with E-state index in [1.165, 1.54) is 0 Å². The van der Waals surface area contributed by atoms with Crippen molar-refractivity contribution in [2.24, 2.45) is 30.7 Å². The Kier molecular flexibility index (Phi) is 2.78. The Balaban J connectivity index is 1.74. The molecule has 0 spiro atoms. The van der Waals surface area contributed by atoms with E-state index in [2.05, 4.69) is 16.0 Å². The summed E-state index contributed by atoms with van der Waals surface area (Å²) in [6, 6.07) is 2.54. The number of halogens is 1. The molecule has 4 saturated carbocycles. The standard InChI is InChI=1S/C17H18ClN5O/c1-22-13-8-20-15(18)21-14(13)23(16(22)24)17-4-9-2-10(5-17)12(7-19)11(3-9)6-17/h8-12H,2-6H2,1H3. The van der Waals surface area contributed by atoms with Crippen LogP contribution in [0.15, 0.2) is 11.0 Å². The van der Waals surface area contributed by atoms with Gasteiger partial charge in [0.1, 0.15) is 5.52 Å². The van der Waals surface area contributed by atoms with Gasteiger partial charge in [0.25, 0.3) is 0 Å².